The van der Waals surface area contributed by atoms with Gasteiger partial charge in [0.25, 0.3) is 5.91 Å². The number of nitrogens with zero attached hydrogens (tertiary/aromatic N) is 4. The third-order valence-electron chi connectivity index (χ3n) is 5.48. The highest BCUT2D eigenvalue weighted by molar-refractivity contribution is 7.89. The zero-order valence-electron chi connectivity index (χ0n) is 18.7. The summed E-state index contributed by atoms with van der Waals surface area (Å²) in [5.41, 5.74) is 0.0176. The molecule has 3 aromatic rings. The maximum Gasteiger partial charge on any atom is 0.312 e. The molecule has 1 aliphatic rings. The topological polar surface area (TPSA) is 132 Å². The molecule has 1 aromatic heterocycles. The largest absolute Gasteiger partial charge is 0.490 e. The van der Waals surface area contributed by atoms with Gasteiger partial charge in [-0.2, -0.15) is 4.31 Å². The maximum absolute atomic E-state index is 13.0. The van der Waals surface area contributed by atoms with Gasteiger partial charge in [-0.05, 0) is 48.5 Å². The highest BCUT2D eigenvalue weighted by Crippen LogP contribution is 2.31. The summed E-state index contributed by atoms with van der Waals surface area (Å²) in [7, 11) is -2.71. The lowest BCUT2D eigenvalue weighted by Gasteiger charge is -2.34. The summed E-state index contributed by atoms with van der Waals surface area (Å²) in [6.45, 7) is 0.501. The van der Waals surface area contributed by atoms with Gasteiger partial charge < -0.3 is 14.4 Å². The average Bonchev–Trinajstić information content (AvgIpc) is 2.89. The molecular weight excluding hydrogens is 476 g/mol. The van der Waals surface area contributed by atoms with Crippen molar-refractivity contribution in [3.05, 3.63) is 82.7 Å². The average molecular weight is 499 g/mol. The molecular formula is C23H22N4O7S. The Balaban J connectivity index is 1.40. The lowest BCUT2D eigenvalue weighted by molar-refractivity contribution is -0.386. The van der Waals surface area contributed by atoms with E-state index in [4.69, 9.17) is 9.47 Å². The molecule has 0 unspecified atom stereocenters. The minimum absolute atomic E-state index is 0.0266. The van der Waals surface area contributed by atoms with E-state index in [1.54, 1.807) is 53.7 Å². The molecule has 1 amide bonds. The van der Waals surface area contributed by atoms with Crippen molar-refractivity contribution < 1.29 is 27.6 Å². The highest BCUT2D eigenvalue weighted by Gasteiger charge is 2.32. The normalized spacial score (nSPS) is 14.4. The van der Waals surface area contributed by atoms with E-state index in [1.807, 2.05) is 0 Å². The van der Waals surface area contributed by atoms with E-state index in [0.29, 0.717) is 17.1 Å². The van der Waals surface area contributed by atoms with E-state index in [9.17, 15) is 23.3 Å². The molecule has 0 aliphatic carbocycles. The van der Waals surface area contributed by atoms with Crippen LogP contribution in [0.1, 0.15) is 10.4 Å². The number of rotatable bonds is 7. The number of hydrogen-bond donors (Lipinski definition) is 0. The molecule has 182 valence electrons. The summed E-state index contributed by atoms with van der Waals surface area (Å²) in [4.78, 5) is 28.8. The number of sulfonamides is 1. The second-order valence-electron chi connectivity index (χ2n) is 7.60. The standard InChI is InChI=1S/C23H22N4O7S/c1-33-22-9-8-20(15-21(22)27(29)30)35(31,32)26-13-11-25(12-14-26)23(28)17-4-6-18(7-5-17)34-19-3-2-10-24-16-19/h2-10,15-16H,11-14H2,1H3. The number of nitro groups is 1. The van der Waals surface area contributed by atoms with E-state index < -0.39 is 20.6 Å². The van der Waals surface area contributed by atoms with Gasteiger partial charge in [0.15, 0.2) is 5.75 Å². The number of benzene rings is 2. The molecule has 2 heterocycles. The molecule has 0 spiro atoms. The Morgan fingerprint density at radius 2 is 1.74 bits per heavy atom. The minimum atomic E-state index is -3.98. The number of carbonyl (C=O) groups excluding carboxylic acids is 1. The number of nitro benzene ring substituents is 1. The van der Waals surface area contributed by atoms with Gasteiger partial charge in [0.2, 0.25) is 10.0 Å². The molecule has 35 heavy (non-hydrogen) atoms. The third-order valence-corrected chi connectivity index (χ3v) is 7.38. The summed E-state index contributed by atoms with van der Waals surface area (Å²) in [5.74, 6) is 0.876. The smallest absolute Gasteiger partial charge is 0.312 e. The molecule has 0 bridgehead atoms. The Hall–Kier alpha value is -4.03. The molecule has 1 aliphatic heterocycles. The van der Waals surface area contributed by atoms with Crippen molar-refractivity contribution in [1.82, 2.24) is 14.2 Å². The van der Waals surface area contributed by atoms with Crippen molar-refractivity contribution in [3.63, 3.8) is 0 Å². The van der Waals surface area contributed by atoms with Crippen molar-refractivity contribution in [3.8, 4) is 17.2 Å². The van der Waals surface area contributed by atoms with Crippen molar-refractivity contribution in [2.24, 2.45) is 0 Å². The number of amides is 1. The highest BCUT2D eigenvalue weighted by atomic mass is 32.2. The number of ether oxygens (including phenoxy) is 2. The molecule has 0 radical (unpaired) electrons. The SMILES string of the molecule is COc1ccc(S(=O)(=O)N2CCN(C(=O)c3ccc(Oc4cccnc4)cc3)CC2)cc1[N+](=O)[O-]. The molecule has 2 aromatic carbocycles. The second-order valence-corrected chi connectivity index (χ2v) is 9.54. The van der Waals surface area contributed by atoms with Crippen LogP contribution in [0.3, 0.4) is 0 Å². The number of pyridine rings is 1. The van der Waals surface area contributed by atoms with Crippen molar-refractivity contribution in [2.45, 2.75) is 4.90 Å². The first-order valence-electron chi connectivity index (χ1n) is 10.6. The van der Waals surface area contributed by atoms with Crippen LogP contribution in [-0.2, 0) is 10.0 Å². The van der Waals surface area contributed by atoms with Gasteiger partial charge in [0.05, 0.1) is 23.1 Å². The fourth-order valence-electron chi connectivity index (χ4n) is 3.65. The number of aromatic nitrogens is 1. The minimum Gasteiger partial charge on any atom is -0.490 e. The Morgan fingerprint density at radius 1 is 1.03 bits per heavy atom. The van der Waals surface area contributed by atoms with Crippen LogP contribution in [0.4, 0.5) is 5.69 Å². The summed E-state index contributed by atoms with van der Waals surface area (Å²) < 4.78 is 37.9. The molecule has 12 heteroatoms. The van der Waals surface area contributed by atoms with Gasteiger partial charge in [-0.3, -0.25) is 19.9 Å². The maximum atomic E-state index is 13.0. The Morgan fingerprint density at radius 3 is 2.34 bits per heavy atom. The van der Waals surface area contributed by atoms with Crippen LogP contribution >= 0.6 is 0 Å². The molecule has 1 fully saturated rings. The van der Waals surface area contributed by atoms with Gasteiger partial charge in [0.1, 0.15) is 11.5 Å². The van der Waals surface area contributed by atoms with Crippen LogP contribution in [0.5, 0.6) is 17.2 Å². The molecule has 0 atom stereocenters. The summed E-state index contributed by atoms with van der Waals surface area (Å²) in [6, 6.07) is 13.7. The lowest BCUT2D eigenvalue weighted by Crippen LogP contribution is -2.50. The molecule has 0 N–H and O–H groups in total. The lowest BCUT2D eigenvalue weighted by atomic mass is 10.2. The third kappa shape index (κ3) is 5.23. The van der Waals surface area contributed by atoms with Gasteiger partial charge >= 0.3 is 5.69 Å². The van der Waals surface area contributed by atoms with Gasteiger partial charge in [-0.25, -0.2) is 8.42 Å². The van der Waals surface area contributed by atoms with E-state index in [2.05, 4.69) is 4.98 Å². The van der Waals surface area contributed by atoms with Crippen LogP contribution in [0.2, 0.25) is 0 Å². The van der Waals surface area contributed by atoms with E-state index >= 15 is 0 Å². The Labute approximate surface area is 201 Å². The number of carbonyl (C=O) groups is 1. The van der Waals surface area contributed by atoms with Crippen molar-refractivity contribution in [2.75, 3.05) is 33.3 Å². The first kappa shape index (κ1) is 24.1. The van der Waals surface area contributed by atoms with Crippen molar-refractivity contribution >= 4 is 21.6 Å². The molecule has 1 saturated heterocycles. The number of hydrogen-bond acceptors (Lipinski definition) is 8. The number of methoxy groups -OCH3 is 1. The zero-order valence-corrected chi connectivity index (χ0v) is 19.6. The van der Waals surface area contributed by atoms with Gasteiger partial charge in [-0.1, -0.05) is 0 Å². The van der Waals surface area contributed by atoms with Gasteiger partial charge in [-0.15, -0.1) is 0 Å². The molecule has 11 nitrogen and oxygen atoms in total. The predicted molar refractivity (Wildman–Crippen MR) is 125 cm³/mol. The summed E-state index contributed by atoms with van der Waals surface area (Å²) >= 11 is 0. The fraction of sp³-hybridized carbons (Fsp3) is 0.217. The van der Waals surface area contributed by atoms with Crippen LogP contribution in [0.25, 0.3) is 0 Å². The summed E-state index contributed by atoms with van der Waals surface area (Å²) in [6.07, 6.45) is 3.22. The van der Waals surface area contributed by atoms with Crippen LogP contribution in [0.15, 0.2) is 71.9 Å². The fourth-order valence-corrected chi connectivity index (χ4v) is 5.09. The van der Waals surface area contributed by atoms with E-state index in [-0.39, 0.29) is 42.7 Å². The molecule has 0 saturated carbocycles. The monoisotopic (exact) mass is 498 g/mol. The van der Waals surface area contributed by atoms with Crippen molar-refractivity contribution in [1.29, 1.82) is 0 Å². The van der Waals surface area contributed by atoms with Crippen LogP contribution in [0, 0.1) is 10.1 Å². The Kier molecular flexibility index (Phi) is 6.94. The summed E-state index contributed by atoms with van der Waals surface area (Å²) in [5, 5.41) is 11.3. The van der Waals surface area contributed by atoms with E-state index in [1.165, 1.54) is 23.5 Å². The quantitative estimate of drug-likeness (QED) is 0.359. The Bertz CT molecular complexity index is 1320. The van der Waals surface area contributed by atoms with Gasteiger partial charge in [0, 0.05) is 44.0 Å². The number of piperazine rings is 1. The predicted octanol–water partition coefficient (Wildman–Crippen LogP) is 2.94. The first-order chi connectivity index (χ1) is 16.8. The van der Waals surface area contributed by atoms with Crippen LogP contribution in [-0.4, -0.2) is 66.7 Å². The first-order valence-corrected chi connectivity index (χ1v) is 12.0. The zero-order chi connectivity index (χ0) is 25.0. The van der Waals surface area contributed by atoms with E-state index in [0.717, 1.165) is 6.07 Å². The van der Waals surface area contributed by atoms with Crippen LogP contribution < -0.4 is 9.47 Å². The second kappa shape index (κ2) is 10.1. The molecule has 4 rings (SSSR count).